The van der Waals surface area contributed by atoms with E-state index in [9.17, 15) is 14.4 Å². The summed E-state index contributed by atoms with van der Waals surface area (Å²) in [6, 6.07) is 13.4. The molecule has 1 fully saturated rings. The van der Waals surface area contributed by atoms with Crippen molar-refractivity contribution in [3.8, 4) is 11.5 Å². The maximum Gasteiger partial charge on any atom is 0.270 e. The third-order valence-electron chi connectivity index (χ3n) is 6.85. The molecule has 1 aliphatic rings. The summed E-state index contributed by atoms with van der Waals surface area (Å²) in [5.41, 5.74) is 12.5. The average molecular weight is 552 g/mol. The molecule has 1 atom stereocenters. The predicted octanol–water partition coefficient (Wildman–Crippen LogP) is 3.67. The maximum absolute atomic E-state index is 14.2. The molecule has 5 N–H and O–H groups in total. The first-order valence-corrected chi connectivity index (χ1v) is 13.5. The second-order valence-corrected chi connectivity index (χ2v) is 10.2. The molecule has 0 radical (unpaired) electrons. The van der Waals surface area contributed by atoms with Crippen LogP contribution in [-0.2, 0) is 11.3 Å². The smallest absolute Gasteiger partial charge is 0.270 e. The molecule has 10 nitrogen and oxygen atoms in total. The fourth-order valence-electron chi connectivity index (χ4n) is 4.93. The number of nitrogens with zero attached hydrogens (tertiary/aromatic N) is 2. The van der Waals surface area contributed by atoms with Gasteiger partial charge in [-0.1, -0.05) is 61.7 Å². The van der Waals surface area contributed by atoms with Gasteiger partial charge in [0, 0.05) is 18.2 Å². The molecule has 11 heteroatoms. The number of hydrogen-bond acceptors (Lipinski definition) is 8. The van der Waals surface area contributed by atoms with Crippen molar-refractivity contribution in [3.63, 3.8) is 0 Å². The van der Waals surface area contributed by atoms with E-state index in [1.807, 2.05) is 30.3 Å². The Bertz CT molecular complexity index is 1320. The van der Waals surface area contributed by atoms with E-state index in [-0.39, 0.29) is 34.8 Å². The monoisotopic (exact) mass is 551 g/mol. The molecule has 3 amide bonds. The molecule has 0 aliphatic heterocycles. The number of aromatic nitrogens is 1. The van der Waals surface area contributed by atoms with Crippen LogP contribution in [0.1, 0.15) is 69.4 Å². The number of nitrogens with two attached hydrogens (primary N) is 2. The van der Waals surface area contributed by atoms with E-state index >= 15 is 0 Å². The van der Waals surface area contributed by atoms with Gasteiger partial charge in [0.15, 0.2) is 17.2 Å². The zero-order valence-corrected chi connectivity index (χ0v) is 22.8. The summed E-state index contributed by atoms with van der Waals surface area (Å²) in [7, 11) is 3.00. The van der Waals surface area contributed by atoms with Gasteiger partial charge in [-0.3, -0.25) is 14.4 Å². The molecule has 1 saturated carbocycles. The molecule has 1 heterocycles. The number of nitrogens with one attached hydrogen (secondary N) is 1. The second-order valence-electron chi connectivity index (χ2n) is 9.39. The zero-order chi connectivity index (χ0) is 27.9. The highest BCUT2D eigenvalue weighted by atomic mass is 32.1. The van der Waals surface area contributed by atoms with Crippen molar-refractivity contribution in [1.29, 1.82) is 0 Å². The van der Waals surface area contributed by atoms with Crippen LogP contribution in [0.2, 0.25) is 0 Å². The minimum absolute atomic E-state index is 0.00559. The average Bonchev–Trinajstić information content (AvgIpc) is 3.34. The quantitative estimate of drug-likeness (QED) is 0.348. The van der Waals surface area contributed by atoms with Crippen molar-refractivity contribution in [3.05, 3.63) is 70.2 Å². The molecule has 3 aromatic rings. The highest BCUT2D eigenvalue weighted by molar-refractivity contribution is 7.09. The number of carbonyl (C=O) groups excluding carboxylic acids is 3. The number of primary amides is 1. The van der Waals surface area contributed by atoms with Crippen LogP contribution in [0.5, 0.6) is 11.5 Å². The molecule has 0 unspecified atom stereocenters. The Morgan fingerprint density at radius 3 is 2.38 bits per heavy atom. The number of carbonyl (C=O) groups is 3. The largest absolute Gasteiger partial charge is 0.493 e. The number of nitrogen functional groups attached to an aromatic ring is 1. The van der Waals surface area contributed by atoms with Crippen LogP contribution in [0.15, 0.2) is 48.5 Å². The normalized spacial score (nSPS) is 14.3. The predicted molar refractivity (Wildman–Crippen MR) is 149 cm³/mol. The Hall–Kier alpha value is -4.12. The molecular formula is C28H33N5O5S. The van der Waals surface area contributed by atoms with Crippen molar-refractivity contribution in [2.75, 3.05) is 20.0 Å². The Kier molecular flexibility index (Phi) is 9.03. The van der Waals surface area contributed by atoms with Gasteiger partial charge in [0.1, 0.15) is 10.9 Å². The van der Waals surface area contributed by atoms with Gasteiger partial charge < -0.3 is 31.2 Å². The van der Waals surface area contributed by atoms with Gasteiger partial charge >= 0.3 is 0 Å². The highest BCUT2D eigenvalue weighted by Crippen LogP contribution is 2.39. The van der Waals surface area contributed by atoms with Gasteiger partial charge in [0.05, 0.1) is 19.9 Å². The van der Waals surface area contributed by atoms with Crippen molar-refractivity contribution in [2.45, 2.75) is 50.7 Å². The van der Waals surface area contributed by atoms with Gasteiger partial charge in [0.2, 0.25) is 5.91 Å². The third-order valence-corrected chi connectivity index (χ3v) is 7.70. The van der Waals surface area contributed by atoms with Crippen LogP contribution < -0.4 is 26.3 Å². The molecule has 0 bridgehead atoms. The van der Waals surface area contributed by atoms with Crippen molar-refractivity contribution in [1.82, 2.24) is 14.6 Å². The van der Waals surface area contributed by atoms with Gasteiger partial charge in [-0.25, -0.2) is 0 Å². The van der Waals surface area contributed by atoms with Crippen LogP contribution in [-0.4, -0.2) is 47.3 Å². The Morgan fingerprint density at radius 1 is 1.05 bits per heavy atom. The summed E-state index contributed by atoms with van der Waals surface area (Å²) in [5, 5.41) is 3.17. The molecule has 0 spiro atoms. The third kappa shape index (κ3) is 6.14. The lowest BCUT2D eigenvalue weighted by Crippen LogP contribution is -2.47. The number of para-hydroxylation sites is 1. The fourth-order valence-corrected chi connectivity index (χ4v) is 5.69. The second kappa shape index (κ2) is 12.6. The van der Waals surface area contributed by atoms with E-state index in [0.29, 0.717) is 17.1 Å². The Morgan fingerprint density at radius 2 is 1.77 bits per heavy atom. The molecule has 39 heavy (non-hydrogen) atoms. The summed E-state index contributed by atoms with van der Waals surface area (Å²) in [6.45, 7) is 0.0754. The number of amides is 3. The first kappa shape index (κ1) is 27.9. The number of anilines is 1. The molecule has 2 aromatic carbocycles. The molecule has 1 aromatic heterocycles. The summed E-state index contributed by atoms with van der Waals surface area (Å²) in [4.78, 5) is 41.6. The van der Waals surface area contributed by atoms with E-state index < -0.39 is 17.9 Å². The van der Waals surface area contributed by atoms with Crippen LogP contribution in [0, 0.1) is 0 Å². The van der Waals surface area contributed by atoms with Crippen LogP contribution in [0.25, 0.3) is 0 Å². The Labute approximate surface area is 231 Å². The topological polar surface area (TPSA) is 150 Å². The molecule has 1 aliphatic carbocycles. The van der Waals surface area contributed by atoms with Crippen molar-refractivity contribution in [2.24, 2.45) is 5.73 Å². The maximum atomic E-state index is 14.2. The molecule has 4 rings (SSSR count). The number of ether oxygens (including phenoxy) is 2. The first-order valence-electron chi connectivity index (χ1n) is 12.8. The standard InChI is InChI=1S/C28H33N5O5S/c1-37-20-15-9-14-19(24(20)38-2)23(27(35)31-18-12-7-4-8-13-18)33(16-17-10-5-3-6-11-17)28(36)25-21(29)22(26(30)34)32-39-25/h3,5-6,9-11,14-15,18,23H,4,7-8,12-13,16,29H2,1-2H3,(H2,30,34)(H,31,35)/t23-/m1/s1. The minimum Gasteiger partial charge on any atom is -0.493 e. The number of methoxy groups -OCH3 is 2. The number of rotatable bonds is 10. The molecule has 206 valence electrons. The van der Waals surface area contributed by atoms with Gasteiger partial charge in [-0.15, -0.1) is 0 Å². The van der Waals surface area contributed by atoms with Crippen molar-refractivity contribution < 1.29 is 23.9 Å². The van der Waals surface area contributed by atoms with Gasteiger partial charge in [-0.05, 0) is 36.0 Å². The lowest BCUT2D eigenvalue weighted by atomic mass is 9.94. The van der Waals surface area contributed by atoms with E-state index in [2.05, 4.69) is 9.69 Å². The first-order chi connectivity index (χ1) is 18.8. The van der Waals surface area contributed by atoms with Crippen molar-refractivity contribution >= 4 is 34.9 Å². The van der Waals surface area contributed by atoms with Crippen LogP contribution in [0.4, 0.5) is 5.69 Å². The fraction of sp³-hybridized carbons (Fsp3) is 0.357. The Balaban J connectivity index is 1.86. The summed E-state index contributed by atoms with van der Waals surface area (Å²) in [5.74, 6) is -0.986. The van der Waals surface area contributed by atoms with E-state index in [1.54, 1.807) is 18.2 Å². The SMILES string of the molecule is COc1cccc([C@H](C(=O)NC2CCCCC2)N(Cc2ccccc2)C(=O)c2snc(C(N)=O)c2N)c1OC. The lowest BCUT2D eigenvalue weighted by Gasteiger charge is -2.34. The lowest BCUT2D eigenvalue weighted by molar-refractivity contribution is -0.127. The summed E-state index contributed by atoms with van der Waals surface area (Å²) < 4.78 is 15.2. The van der Waals surface area contributed by atoms with Gasteiger partial charge in [0.25, 0.3) is 11.8 Å². The summed E-state index contributed by atoms with van der Waals surface area (Å²) in [6.07, 6.45) is 4.91. The van der Waals surface area contributed by atoms with E-state index in [0.717, 1.165) is 49.2 Å². The van der Waals surface area contributed by atoms with E-state index in [4.69, 9.17) is 20.9 Å². The minimum atomic E-state index is -1.11. The van der Waals surface area contributed by atoms with Gasteiger partial charge in [-0.2, -0.15) is 4.37 Å². The zero-order valence-electron chi connectivity index (χ0n) is 22.0. The van der Waals surface area contributed by atoms with Crippen LogP contribution >= 0.6 is 11.5 Å². The molecule has 0 saturated heterocycles. The summed E-state index contributed by atoms with van der Waals surface area (Å²) >= 11 is 0.774. The number of hydrogen-bond donors (Lipinski definition) is 3. The molecular weight excluding hydrogens is 518 g/mol. The number of benzene rings is 2. The van der Waals surface area contributed by atoms with Crippen LogP contribution in [0.3, 0.4) is 0 Å². The van der Waals surface area contributed by atoms with E-state index in [1.165, 1.54) is 19.1 Å². The highest BCUT2D eigenvalue weighted by Gasteiger charge is 2.38.